The Morgan fingerprint density at radius 1 is 1.35 bits per heavy atom. The highest BCUT2D eigenvalue weighted by molar-refractivity contribution is 4.86. The van der Waals surface area contributed by atoms with Crippen LogP contribution < -0.4 is 5.32 Å². The molecule has 4 unspecified atom stereocenters. The molecule has 0 aromatic rings. The second-order valence-corrected chi connectivity index (χ2v) is 6.27. The molecule has 17 heavy (non-hydrogen) atoms. The summed E-state index contributed by atoms with van der Waals surface area (Å²) in [6.07, 6.45) is 2.35. The normalized spacial score (nSPS) is 34.6. The van der Waals surface area contributed by atoms with Gasteiger partial charge in [-0.25, -0.2) is 0 Å². The van der Waals surface area contributed by atoms with Crippen molar-refractivity contribution in [3.05, 3.63) is 0 Å². The standard InChI is InChI=1S/C14H30N2O/c1-11-8-12(2)13(3)16(9-11)7-6-14(4,10-17)15-5/h11-13,15,17H,6-10H2,1-5H3. The van der Waals surface area contributed by atoms with Gasteiger partial charge in [-0.2, -0.15) is 0 Å². The third kappa shape index (κ3) is 3.94. The average molecular weight is 242 g/mol. The molecule has 1 fully saturated rings. The van der Waals surface area contributed by atoms with E-state index in [9.17, 15) is 5.11 Å². The molecule has 1 heterocycles. The van der Waals surface area contributed by atoms with E-state index in [0.29, 0.717) is 6.04 Å². The highest BCUT2D eigenvalue weighted by Crippen LogP contribution is 2.27. The van der Waals surface area contributed by atoms with Crippen LogP contribution in [0.5, 0.6) is 0 Å². The molecule has 3 nitrogen and oxygen atoms in total. The van der Waals surface area contributed by atoms with E-state index < -0.39 is 0 Å². The van der Waals surface area contributed by atoms with Gasteiger partial charge < -0.3 is 15.3 Å². The number of nitrogens with one attached hydrogen (secondary N) is 1. The van der Waals surface area contributed by atoms with Gasteiger partial charge in [0.1, 0.15) is 0 Å². The lowest BCUT2D eigenvalue weighted by molar-refractivity contribution is 0.0637. The first-order valence-electron chi connectivity index (χ1n) is 6.95. The van der Waals surface area contributed by atoms with Crippen molar-refractivity contribution in [3.8, 4) is 0 Å². The van der Waals surface area contributed by atoms with Crippen LogP contribution in [0.1, 0.15) is 40.5 Å². The van der Waals surface area contributed by atoms with Crippen LogP contribution in [0.3, 0.4) is 0 Å². The Labute approximate surface area is 107 Å². The number of piperidine rings is 1. The van der Waals surface area contributed by atoms with Gasteiger partial charge in [-0.15, -0.1) is 0 Å². The van der Waals surface area contributed by atoms with Crippen LogP contribution in [-0.4, -0.2) is 48.3 Å². The first-order chi connectivity index (χ1) is 7.91. The van der Waals surface area contributed by atoms with Crippen molar-refractivity contribution >= 4 is 0 Å². The SMILES string of the molecule is CNC(C)(CO)CCN1CC(C)CC(C)C1C. The zero-order valence-corrected chi connectivity index (χ0v) is 12.2. The second kappa shape index (κ2) is 6.17. The summed E-state index contributed by atoms with van der Waals surface area (Å²) in [5.74, 6) is 1.59. The molecule has 102 valence electrons. The van der Waals surface area contributed by atoms with Crippen LogP contribution >= 0.6 is 0 Å². The van der Waals surface area contributed by atoms with Crippen molar-refractivity contribution in [2.45, 2.75) is 52.1 Å². The van der Waals surface area contributed by atoms with Gasteiger partial charge in [0, 0.05) is 24.7 Å². The zero-order valence-electron chi connectivity index (χ0n) is 12.2. The lowest BCUT2D eigenvalue weighted by atomic mass is 9.85. The van der Waals surface area contributed by atoms with Crippen LogP contribution in [0.4, 0.5) is 0 Å². The van der Waals surface area contributed by atoms with E-state index in [-0.39, 0.29) is 12.1 Å². The number of hydrogen-bond acceptors (Lipinski definition) is 3. The third-order valence-corrected chi connectivity index (χ3v) is 4.62. The minimum atomic E-state index is -0.135. The number of likely N-dealkylation sites (N-methyl/N-ethyl adjacent to an activating group) is 1. The van der Waals surface area contributed by atoms with Gasteiger partial charge in [-0.3, -0.25) is 0 Å². The average Bonchev–Trinajstić information content (AvgIpc) is 2.31. The molecule has 0 spiro atoms. The maximum atomic E-state index is 9.40. The zero-order chi connectivity index (χ0) is 13.1. The molecule has 0 bridgehead atoms. The number of aliphatic hydroxyl groups excluding tert-OH is 1. The van der Waals surface area contributed by atoms with Crippen LogP contribution in [0.25, 0.3) is 0 Å². The number of likely N-dealkylation sites (tertiary alicyclic amines) is 1. The first kappa shape index (κ1) is 14.9. The quantitative estimate of drug-likeness (QED) is 0.770. The largest absolute Gasteiger partial charge is 0.394 e. The van der Waals surface area contributed by atoms with Gasteiger partial charge in [0.05, 0.1) is 6.61 Å². The van der Waals surface area contributed by atoms with E-state index in [0.717, 1.165) is 24.8 Å². The monoisotopic (exact) mass is 242 g/mol. The van der Waals surface area contributed by atoms with Crippen LogP contribution in [0.2, 0.25) is 0 Å². The molecule has 0 radical (unpaired) electrons. The Balaban J connectivity index is 2.50. The maximum absolute atomic E-state index is 9.40. The summed E-state index contributed by atoms with van der Waals surface area (Å²) in [4.78, 5) is 2.59. The van der Waals surface area contributed by atoms with E-state index in [1.165, 1.54) is 13.0 Å². The molecule has 1 aliphatic heterocycles. The van der Waals surface area contributed by atoms with E-state index >= 15 is 0 Å². The second-order valence-electron chi connectivity index (χ2n) is 6.27. The summed E-state index contributed by atoms with van der Waals surface area (Å²) in [7, 11) is 1.93. The van der Waals surface area contributed by atoms with E-state index in [2.05, 4.69) is 37.9 Å². The van der Waals surface area contributed by atoms with Crippen molar-refractivity contribution in [3.63, 3.8) is 0 Å². The Hall–Kier alpha value is -0.120. The lowest BCUT2D eigenvalue weighted by Gasteiger charge is -2.42. The summed E-state index contributed by atoms with van der Waals surface area (Å²) in [5.41, 5.74) is -0.135. The Bertz CT molecular complexity index is 228. The minimum absolute atomic E-state index is 0.135. The topological polar surface area (TPSA) is 35.5 Å². The molecule has 3 heteroatoms. The predicted molar refractivity (Wildman–Crippen MR) is 73.1 cm³/mol. The fraction of sp³-hybridized carbons (Fsp3) is 1.00. The van der Waals surface area contributed by atoms with Crippen molar-refractivity contribution < 1.29 is 5.11 Å². The molecular weight excluding hydrogens is 212 g/mol. The molecule has 0 aromatic carbocycles. The van der Waals surface area contributed by atoms with Crippen molar-refractivity contribution in [2.75, 3.05) is 26.7 Å². The van der Waals surface area contributed by atoms with E-state index in [1.54, 1.807) is 0 Å². The van der Waals surface area contributed by atoms with Gasteiger partial charge in [-0.1, -0.05) is 13.8 Å². The smallest absolute Gasteiger partial charge is 0.0610 e. The molecule has 0 aliphatic carbocycles. The van der Waals surface area contributed by atoms with Gasteiger partial charge in [0.2, 0.25) is 0 Å². The molecular formula is C14H30N2O. The van der Waals surface area contributed by atoms with Crippen LogP contribution in [0.15, 0.2) is 0 Å². The highest BCUT2D eigenvalue weighted by Gasteiger charge is 2.30. The number of hydrogen-bond donors (Lipinski definition) is 2. The van der Waals surface area contributed by atoms with Gasteiger partial charge >= 0.3 is 0 Å². The molecule has 1 rings (SSSR count). The number of rotatable bonds is 5. The van der Waals surface area contributed by atoms with Gasteiger partial charge in [-0.05, 0) is 45.6 Å². The summed E-state index contributed by atoms with van der Waals surface area (Å²) in [6.45, 7) is 11.6. The summed E-state index contributed by atoms with van der Waals surface area (Å²) < 4.78 is 0. The molecule has 2 N–H and O–H groups in total. The minimum Gasteiger partial charge on any atom is -0.394 e. The Morgan fingerprint density at radius 3 is 2.53 bits per heavy atom. The fourth-order valence-electron chi connectivity index (χ4n) is 2.80. The summed E-state index contributed by atoms with van der Waals surface area (Å²) >= 11 is 0. The van der Waals surface area contributed by atoms with E-state index in [1.807, 2.05) is 7.05 Å². The predicted octanol–water partition coefficient (Wildman–Crippen LogP) is 1.71. The van der Waals surface area contributed by atoms with Crippen LogP contribution in [0, 0.1) is 11.8 Å². The Morgan fingerprint density at radius 2 is 2.00 bits per heavy atom. The van der Waals surface area contributed by atoms with Crippen LogP contribution in [-0.2, 0) is 0 Å². The summed E-state index contributed by atoms with van der Waals surface area (Å²) in [6, 6.07) is 0.672. The van der Waals surface area contributed by atoms with Crippen molar-refractivity contribution in [2.24, 2.45) is 11.8 Å². The highest BCUT2D eigenvalue weighted by atomic mass is 16.3. The lowest BCUT2D eigenvalue weighted by Crippen LogP contribution is -2.50. The molecule has 1 saturated heterocycles. The van der Waals surface area contributed by atoms with E-state index in [4.69, 9.17) is 0 Å². The molecule has 0 saturated carbocycles. The van der Waals surface area contributed by atoms with Gasteiger partial charge in [0.15, 0.2) is 0 Å². The summed E-state index contributed by atoms with van der Waals surface area (Å²) in [5, 5.41) is 12.6. The molecule has 0 aromatic heterocycles. The molecule has 1 aliphatic rings. The molecule has 0 amide bonds. The Kier molecular flexibility index (Phi) is 5.42. The van der Waals surface area contributed by atoms with Gasteiger partial charge in [0.25, 0.3) is 0 Å². The van der Waals surface area contributed by atoms with Crippen molar-refractivity contribution in [1.82, 2.24) is 10.2 Å². The van der Waals surface area contributed by atoms with Crippen molar-refractivity contribution in [1.29, 1.82) is 0 Å². The molecule has 4 atom stereocenters. The number of nitrogens with zero attached hydrogens (tertiary/aromatic N) is 1. The fourth-order valence-corrected chi connectivity index (χ4v) is 2.80. The number of aliphatic hydroxyl groups is 1. The third-order valence-electron chi connectivity index (χ3n) is 4.62. The maximum Gasteiger partial charge on any atom is 0.0610 e. The first-order valence-corrected chi connectivity index (χ1v) is 6.95.